The lowest BCUT2D eigenvalue weighted by Gasteiger charge is -2.13. The molecule has 1 aromatic rings. The Balaban J connectivity index is 2.07. The molecule has 0 heterocycles. The van der Waals surface area contributed by atoms with E-state index in [0.717, 1.165) is 0 Å². The smallest absolute Gasteiger partial charge is 0.338 e. The van der Waals surface area contributed by atoms with Crippen LogP contribution in [-0.2, 0) is 14.6 Å². The summed E-state index contributed by atoms with van der Waals surface area (Å²) in [6, 6.07) is 6.16. The van der Waals surface area contributed by atoms with Crippen LogP contribution in [-0.4, -0.2) is 30.1 Å². The van der Waals surface area contributed by atoms with Crippen LogP contribution < -0.4 is 5.17 Å². The van der Waals surface area contributed by atoms with Gasteiger partial charge in [-0.05, 0) is 62.4 Å². The fourth-order valence-corrected chi connectivity index (χ4v) is 1.99. The molecule has 7 heteroatoms. The minimum atomic E-state index is -0.426. The van der Waals surface area contributed by atoms with Gasteiger partial charge in [0.05, 0.1) is 35.7 Å². The monoisotopic (exact) mass is 343 g/mol. The Morgan fingerprint density at radius 2 is 1.64 bits per heavy atom. The topological polar surface area (TPSA) is 91.3 Å². The lowest BCUT2D eigenvalue weighted by molar-refractivity contribution is 0.0525. The van der Waals surface area contributed by atoms with Crippen LogP contribution in [0.4, 0.5) is 5.69 Å². The van der Waals surface area contributed by atoms with Crippen molar-refractivity contribution in [3.8, 4) is 0 Å². The van der Waals surface area contributed by atoms with E-state index in [1.165, 1.54) is 12.1 Å². The van der Waals surface area contributed by atoms with E-state index in [9.17, 15) is 15.1 Å². The molecule has 1 N–H and O–H groups in total. The van der Waals surface area contributed by atoms with Crippen LogP contribution in [0.1, 0.15) is 24.2 Å². The van der Waals surface area contributed by atoms with Crippen LogP contribution >= 0.6 is 0 Å². The molecule has 0 spiro atoms. The number of hydrogen-bond acceptors (Lipinski definition) is 6. The maximum absolute atomic E-state index is 11.6. The average Bonchev–Trinajstić information content (AvgIpc) is 2.63. The molecular formula is C18H19N2O5. The van der Waals surface area contributed by atoms with Crippen molar-refractivity contribution in [2.75, 3.05) is 18.4 Å². The van der Waals surface area contributed by atoms with E-state index >= 15 is 0 Å². The number of esters is 1. The first kappa shape index (κ1) is 18.3. The second-order valence-corrected chi connectivity index (χ2v) is 4.92. The number of benzene rings is 1. The third kappa shape index (κ3) is 4.95. The van der Waals surface area contributed by atoms with E-state index in [1.807, 2.05) is 0 Å². The fourth-order valence-electron chi connectivity index (χ4n) is 1.99. The van der Waals surface area contributed by atoms with Crippen molar-refractivity contribution in [1.29, 1.82) is 0 Å². The molecule has 1 radical (unpaired) electrons. The van der Waals surface area contributed by atoms with Crippen molar-refractivity contribution in [1.82, 2.24) is 0 Å². The van der Waals surface area contributed by atoms with Crippen molar-refractivity contribution in [3.05, 3.63) is 65.7 Å². The zero-order chi connectivity index (χ0) is 18.2. The molecule has 0 aliphatic heterocycles. The van der Waals surface area contributed by atoms with Gasteiger partial charge in [-0.25, -0.2) is 9.90 Å². The molecule has 1 aliphatic rings. The highest BCUT2D eigenvalue weighted by Crippen LogP contribution is 2.17. The van der Waals surface area contributed by atoms with Crippen LogP contribution in [0.5, 0.6) is 0 Å². The first-order valence-corrected chi connectivity index (χ1v) is 7.80. The summed E-state index contributed by atoms with van der Waals surface area (Å²) in [6.07, 6.45) is 6.30. The number of hydrazone groups is 1. The molecular weight excluding hydrogens is 324 g/mol. The van der Waals surface area contributed by atoms with Gasteiger partial charge in [-0.15, -0.1) is 10.3 Å². The second kappa shape index (κ2) is 8.70. The van der Waals surface area contributed by atoms with Gasteiger partial charge in [0.25, 0.3) is 0 Å². The Kier molecular flexibility index (Phi) is 6.36. The summed E-state index contributed by atoms with van der Waals surface area (Å²) < 4.78 is 9.79. The van der Waals surface area contributed by atoms with E-state index in [1.54, 1.807) is 50.3 Å². The minimum absolute atomic E-state index is 0.295. The normalized spacial score (nSPS) is 12.8. The average molecular weight is 343 g/mol. The highest BCUT2D eigenvalue weighted by atomic mass is 16.6. The number of anilines is 1. The summed E-state index contributed by atoms with van der Waals surface area (Å²) in [5.74, 6) is -0.838. The van der Waals surface area contributed by atoms with Crippen molar-refractivity contribution >= 4 is 17.4 Å². The fraction of sp³-hybridized carbons (Fsp3) is 0.222. The highest BCUT2D eigenvalue weighted by Gasteiger charge is 2.10. The zero-order valence-electron chi connectivity index (χ0n) is 14.0. The van der Waals surface area contributed by atoms with Crippen molar-refractivity contribution in [3.63, 3.8) is 0 Å². The number of rotatable bonds is 6. The Labute approximate surface area is 145 Å². The summed E-state index contributed by atoms with van der Waals surface area (Å²) in [5, 5.41) is 26.3. The molecule has 7 nitrogen and oxygen atoms in total. The van der Waals surface area contributed by atoms with E-state index in [-0.39, 0.29) is 0 Å². The predicted molar refractivity (Wildman–Crippen MR) is 91.7 cm³/mol. The summed E-state index contributed by atoms with van der Waals surface area (Å²) in [4.78, 5) is 11.6. The maximum Gasteiger partial charge on any atom is 0.338 e. The van der Waals surface area contributed by atoms with E-state index < -0.39 is 11.9 Å². The molecule has 2 rings (SSSR count). The van der Waals surface area contributed by atoms with Gasteiger partial charge in [0.1, 0.15) is 0 Å². The Bertz CT molecular complexity index is 714. The molecule has 0 saturated carbocycles. The second-order valence-electron chi connectivity index (χ2n) is 4.92. The van der Waals surface area contributed by atoms with Crippen molar-refractivity contribution in [2.24, 2.45) is 5.10 Å². The molecule has 25 heavy (non-hydrogen) atoms. The molecule has 0 saturated heterocycles. The molecule has 0 aromatic heterocycles. The van der Waals surface area contributed by atoms with Crippen LogP contribution in [0.2, 0.25) is 0 Å². The molecule has 131 valence electrons. The maximum atomic E-state index is 11.6. The third-order valence-electron chi connectivity index (χ3n) is 3.20. The summed E-state index contributed by atoms with van der Waals surface area (Å²) in [7, 11) is 0. The van der Waals surface area contributed by atoms with Gasteiger partial charge >= 0.3 is 11.9 Å². The molecule has 0 fully saturated rings. The van der Waals surface area contributed by atoms with Crippen molar-refractivity contribution in [2.45, 2.75) is 13.8 Å². The predicted octanol–water partition coefficient (Wildman–Crippen LogP) is 3.22. The van der Waals surface area contributed by atoms with Gasteiger partial charge in [-0.3, -0.25) is 5.21 Å². The standard InChI is InChI=1S/C18H19N2O5/c1-3-24-17(21)13-5-9-15(10-6-13)19-20(23)16-11-7-14(8-12-16)18(22)25-4-2/h5-12,23H,3-4H2,1-2H3. The molecule has 1 aromatic carbocycles. The quantitative estimate of drug-likeness (QED) is 0.486. The van der Waals surface area contributed by atoms with E-state index in [0.29, 0.717) is 40.9 Å². The van der Waals surface area contributed by atoms with Crippen molar-refractivity contribution < 1.29 is 24.6 Å². The van der Waals surface area contributed by atoms with Gasteiger partial charge in [-0.2, -0.15) is 0 Å². The Morgan fingerprint density at radius 1 is 1.04 bits per heavy atom. The highest BCUT2D eigenvalue weighted by molar-refractivity contribution is 6.06. The number of ether oxygens (including phenoxy) is 2. The van der Waals surface area contributed by atoms with Gasteiger partial charge in [0, 0.05) is 0 Å². The van der Waals surface area contributed by atoms with Gasteiger partial charge in [-0.1, -0.05) is 0 Å². The lowest BCUT2D eigenvalue weighted by Crippen LogP contribution is -2.13. The SMILES string of the molecule is CCOC(=O)c1ccc(N(O)N=C2C=CC(=C([O])OCC)C=C2)cc1. The Hall–Kier alpha value is -3.06. The number of carbonyl (C=O) groups is 1. The molecule has 0 amide bonds. The van der Waals surface area contributed by atoms with Crippen LogP contribution in [0, 0.1) is 0 Å². The van der Waals surface area contributed by atoms with E-state index in [2.05, 4.69) is 5.10 Å². The third-order valence-corrected chi connectivity index (χ3v) is 3.20. The molecule has 0 bridgehead atoms. The first-order valence-electron chi connectivity index (χ1n) is 7.80. The van der Waals surface area contributed by atoms with E-state index in [4.69, 9.17) is 9.47 Å². The minimum Gasteiger partial charge on any atom is -0.462 e. The number of carbonyl (C=O) groups excluding carboxylic acids is 1. The van der Waals surface area contributed by atoms with Crippen LogP contribution in [0.25, 0.3) is 0 Å². The number of hydrogen-bond donors (Lipinski definition) is 1. The largest absolute Gasteiger partial charge is 0.462 e. The van der Waals surface area contributed by atoms with Crippen LogP contribution in [0.15, 0.2) is 65.2 Å². The Morgan fingerprint density at radius 3 is 2.20 bits per heavy atom. The molecule has 0 atom stereocenters. The van der Waals surface area contributed by atoms with Crippen LogP contribution in [0.3, 0.4) is 0 Å². The summed E-state index contributed by atoms with van der Waals surface area (Å²) in [6.45, 7) is 4.06. The van der Waals surface area contributed by atoms with Gasteiger partial charge in [0.15, 0.2) is 0 Å². The number of allylic oxidation sites excluding steroid dienone is 5. The van der Waals surface area contributed by atoms with Gasteiger partial charge in [0.2, 0.25) is 0 Å². The first-order chi connectivity index (χ1) is 12.0. The molecule has 1 aliphatic carbocycles. The molecule has 0 unspecified atom stereocenters. The summed E-state index contributed by atoms with van der Waals surface area (Å²) >= 11 is 0. The summed E-state index contributed by atoms with van der Waals surface area (Å²) in [5.41, 5.74) is 1.62. The zero-order valence-corrected chi connectivity index (χ0v) is 14.0. The number of nitrogens with zero attached hydrogens (tertiary/aromatic N) is 2. The van der Waals surface area contributed by atoms with Gasteiger partial charge < -0.3 is 9.47 Å². The lowest BCUT2D eigenvalue weighted by atomic mass is 10.1.